The molecular weight excluding hydrogens is 735 g/mol. The molecule has 0 radical (unpaired) electrons. The number of hydrogen-bond donors (Lipinski definition) is 1. The van der Waals surface area contributed by atoms with Crippen molar-refractivity contribution < 1.29 is 0 Å². The molecule has 1 N–H and O–H groups in total. The van der Waals surface area contributed by atoms with Gasteiger partial charge in [-0.15, -0.1) is 11.3 Å². The topological polar surface area (TPSA) is 27.6 Å². The van der Waals surface area contributed by atoms with Crippen molar-refractivity contribution in [1.82, 2.24) is 5.32 Å². The maximum absolute atomic E-state index is 5.38. The Balaban J connectivity index is 0.983. The number of benzene rings is 8. The number of fused-ring (bicyclic) bond motifs is 6. The van der Waals surface area contributed by atoms with Gasteiger partial charge in [-0.2, -0.15) is 0 Å². The first kappa shape index (κ1) is 35.2. The van der Waals surface area contributed by atoms with Gasteiger partial charge in [0.2, 0.25) is 6.29 Å². The van der Waals surface area contributed by atoms with Crippen molar-refractivity contribution >= 4 is 54.3 Å². The van der Waals surface area contributed by atoms with Crippen LogP contribution in [0.1, 0.15) is 36.1 Å². The minimum atomic E-state index is -0.399. The molecule has 0 saturated heterocycles. The number of anilines is 2. The number of nitrogens with one attached hydrogen (secondary N) is 1. The van der Waals surface area contributed by atoms with Crippen LogP contribution in [-0.4, -0.2) is 12.0 Å². The summed E-state index contributed by atoms with van der Waals surface area (Å²) in [7, 11) is 0. The van der Waals surface area contributed by atoms with E-state index in [9.17, 15) is 0 Å². The summed E-state index contributed by atoms with van der Waals surface area (Å²) in [6, 6.07) is 70.3. The van der Waals surface area contributed by atoms with E-state index in [1.807, 2.05) is 11.3 Å². The number of nitrogens with zero attached hydrogens (tertiary/aromatic N) is 2. The summed E-state index contributed by atoms with van der Waals surface area (Å²) in [5, 5.41) is 6.39. The molecule has 0 fully saturated rings. The third-order valence-electron chi connectivity index (χ3n) is 12.1. The summed E-state index contributed by atoms with van der Waals surface area (Å²) >= 11 is 1.87. The van der Waals surface area contributed by atoms with E-state index in [0.29, 0.717) is 0 Å². The first-order chi connectivity index (χ1) is 29.0. The molecule has 1 aliphatic heterocycles. The van der Waals surface area contributed by atoms with Crippen molar-refractivity contribution in [2.75, 3.05) is 4.90 Å². The Morgan fingerprint density at radius 3 is 1.73 bits per heavy atom. The average Bonchev–Trinajstić information content (AvgIpc) is 3.78. The monoisotopic (exact) mass is 775 g/mol. The molecule has 8 aromatic carbocycles. The lowest BCUT2D eigenvalue weighted by Gasteiger charge is -2.35. The second kappa shape index (κ2) is 14.1. The molecule has 1 aromatic heterocycles. The highest BCUT2D eigenvalue weighted by molar-refractivity contribution is 7.25. The van der Waals surface area contributed by atoms with Crippen LogP contribution in [-0.2, 0) is 5.41 Å². The van der Waals surface area contributed by atoms with Gasteiger partial charge in [0.25, 0.3) is 0 Å². The fourth-order valence-corrected chi connectivity index (χ4v) is 10.1. The van der Waals surface area contributed by atoms with Crippen LogP contribution >= 0.6 is 11.3 Å². The average molecular weight is 776 g/mol. The predicted octanol–water partition coefficient (Wildman–Crippen LogP) is 14.3. The highest BCUT2D eigenvalue weighted by Crippen LogP contribution is 2.50. The number of hydrogen-bond acceptors (Lipinski definition) is 4. The fraction of sp³-hybridized carbons (Fsp3) is 0.0727. The molecule has 4 heteroatoms. The Kier molecular flexibility index (Phi) is 8.42. The largest absolute Gasteiger partial charge is 0.346 e. The Morgan fingerprint density at radius 1 is 0.475 bits per heavy atom. The standard InChI is InChI=1S/C55H41N3S/c1-55(2)48-24-13-12-23-44(48)45-28-25-41(34-49(45)55)40-27-30-53-47(33-40)46-32-39(26-29-52(46)59-53)38-19-14-22-43(31-38)58(42-20-10-5-11-21-42)54-56-50(36-15-6-3-7-16-36)35-51(57-54)37-17-8-4-9-18-37/h3-35,54,56H,1-2H3. The number of allylic oxidation sites excluding steroid dienone is 1. The van der Waals surface area contributed by atoms with Gasteiger partial charge in [0.1, 0.15) is 0 Å². The molecule has 1 atom stereocenters. The Hall–Kier alpha value is -7.01. The van der Waals surface area contributed by atoms with Crippen molar-refractivity contribution in [3.8, 4) is 33.4 Å². The minimum Gasteiger partial charge on any atom is -0.346 e. The zero-order chi connectivity index (χ0) is 39.5. The molecule has 282 valence electrons. The van der Waals surface area contributed by atoms with E-state index in [-0.39, 0.29) is 5.41 Å². The zero-order valence-electron chi connectivity index (χ0n) is 32.9. The molecule has 1 aliphatic carbocycles. The Bertz CT molecular complexity index is 3110. The Labute approximate surface area is 349 Å². The molecule has 2 aliphatic rings. The van der Waals surface area contributed by atoms with Crippen LogP contribution in [0.4, 0.5) is 11.4 Å². The number of thiophene rings is 1. The molecule has 1 unspecified atom stereocenters. The van der Waals surface area contributed by atoms with Crippen LogP contribution in [0.15, 0.2) is 205 Å². The van der Waals surface area contributed by atoms with Crippen LogP contribution < -0.4 is 10.2 Å². The van der Waals surface area contributed by atoms with Gasteiger partial charge in [0.05, 0.1) is 5.71 Å². The van der Waals surface area contributed by atoms with Crippen LogP contribution in [0.25, 0.3) is 59.3 Å². The van der Waals surface area contributed by atoms with Gasteiger partial charge in [0.15, 0.2) is 0 Å². The smallest absolute Gasteiger partial charge is 0.201 e. The van der Waals surface area contributed by atoms with Gasteiger partial charge in [-0.05, 0) is 116 Å². The molecular formula is C55H41N3S. The van der Waals surface area contributed by atoms with E-state index in [1.165, 1.54) is 59.1 Å². The van der Waals surface area contributed by atoms with Gasteiger partial charge in [0, 0.05) is 42.7 Å². The maximum Gasteiger partial charge on any atom is 0.201 e. The van der Waals surface area contributed by atoms with Crippen LogP contribution in [0.5, 0.6) is 0 Å². The summed E-state index contributed by atoms with van der Waals surface area (Å²) < 4.78 is 2.60. The van der Waals surface area contributed by atoms with Crippen LogP contribution in [0.3, 0.4) is 0 Å². The Morgan fingerprint density at radius 2 is 1.02 bits per heavy atom. The number of rotatable bonds is 7. The second-order valence-corrected chi connectivity index (χ2v) is 17.1. The van der Waals surface area contributed by atoms with Crippen molar-refractivity contribution in [3.63, 3.8) is 0 Å². The lowest BCUT2D eigenvalue weighted by atomic mass is 9.81. The second-order valence-electron chi connectivity index (χ2n) is 16.0. The summed E-state index contributed by atoms with van der Waals surface area (Å²) in [4.78, 5) is 7.69. The summed E-state index contributed by atoms with van der Waals surface area (Å²) in [5.74, 6) is 0. The predicted molar refractivity (Wildman–Crippen MR) is 251 cm³/mol. The van der Waals surface area contributed by atoms with Gasteiger partial charge in [-0.3, -0.25) is 0 Å². The van der Waals surface area contributed by atoms with E-state index < -0.39 is 6.29 Å². The molecule has 11 rings (SSSR count). The quantitative estimate of drug-likeness (QED) is 0.175. The van der Waals surface area contributed by atoms with Crippen LogP contribution in [0.2, 0.25) is 0 Å². The molecule has 9 aromatic rings. The van der Waals surface area contributed by atoms with Gasteiger partial charge in [-0.25, -0.2) is 4.99 Å². The number of aliphatic imine (C=N–C) groups is 1. The summed E-state index contributed by atoms with van der Waals surface area (Å²) in [6.45, 7) is 4.71. The summed E-state index contributed by atoms with van der Waals surface area (Å²) in [6.07, 6.45) is 1.76. The lowest BCUT2D eigenvalue weighted by Crippen LogP contribution is -2.43. The molecule has 0 bridgehead atoms. The summed E-state index contributed by atoms with van der Waals surface area (Å²) in [5.41, 5.74) is 16.6. The van der Waals surface area contributed by atoms with Crippen molar-refractivity contribution in [2.45, 2.75) is 25.6 Å². The van der Waals surface area contributed by atoms with Gasteiger partial charge in [-0.1, -0.05) is 153 Å². The zero-order valence-corrected chi connectivity index (χ0v) is 33.7. The van der Waals surface area contributed by atoms with Gasteiger partial charge >= 0.3 is 0 Å². The molecule has 0 saturated carbocycles. The SMILES string of the molecule is CC1(C)c2ccccc2-c2ccc(-c3ccc4sc5ccc(-c6cccc(N(c7ccccc7)C7N=C(c8ccccc8)C=C(c8ccccc8)N7)c6)cc5c4c3)cc21. The van der Waals surface area contributed by atoms with Crippen molar-refractivity contribution in [3.05, 3.63) is 222 Å². The van der Waals surface area contributed by atoms with Crippen molar-refractivity contribution in [2.24, 2.45) is 4.99 Å². The fourth-order valence-electron chi connectivity index (χ4n) is 9.07. The minimum absolute atomic E-state index is 0.0366. The lowest BCUT2D eigenvalue weighted by molar-refractivity contribution is 0.628. The normalized spacial score (nSPS) is 15.3. The molecule has 0 amide bonds. The first-order valence-corrected chi connectivity index (χ1v) is 21.1. The third-order valence-corrected chi connectivity index (χ3v) is 13.3. The van der Waals surface area contributed by atoms with E-state index in [4.69, 9.17) is 4.99 Å². The van der Waals surface area contributed by atoms with E-state index in [2.05, 4.69) is 224 Å². The van der Waals surface area contributed by atoms with E-state index in [1.54, 1.807) is 0 Å². The molecule has 59 heavy (non-hydrogen) atoms. The number of para-hydroxylation sites is 1. The van der Waals surface area contributed by atoms with E-state index >= 15 is 0 Å². The highest BCUT2D eigenvalue weighted by atomic mass is 32.1. The van der Waals surface area contributed by atoms with Gasteiger partial charge < -0.3 is 10.2 Å². The molecule has 2 heterocycles. The third kappa shape index (κ3) is 6.16. The first-order valence-electron chi connectivity index (χ1n) is 20.3. The maximum atomic E-state index is 5.38. The molecule has 3 nitrogen and oxygen atoms in total. The molecule has 0 spiro atoms. The van der Waals surface area contributed by atoms with Crippen molar-refractivity contribution in [1.29, 1.82) is 0 Å². The van der Waals surface area contributed by atoms with E-state index in [0.717, 1.165) is 39.5 Å². The van der Waals surface area contributed by atoms with Crippen LogP contribution in [0, 0.1) is 0 Å². The highest BCUT2D eigenvalue weighted by Gasteiger charge is 2.35.